The molecule has 0 aliphatic carbocycles. The number of rotatable bonds is 4. The number of halogens is 2. The van der Waals surface area contributed by atoms with Crippen molar-refractivity contribution in [2.24, 2.45) is 0 Å². The number of thioether (sulfide) groups is 1. The van der Waals surface area contributed by atoms with Crippen LogP contribution >= 0.6 is 39.3 Å². The minimum absolute atomic E-state index is 0.491. The molecule has 0 bridgehead atoms. The van der Waals surface area contributed by atoms with E-state index < -0.39 is 0 Å². The van der Waals surface area contributed by atoms with Gasteiger partial charge in [0.1, 0.15) is 11.0 Å². The van der Waals surface area contributed by atoms with Crippen LogP contribution in [0.2, 0.25) is 5.15 Å². The highest BCUT2D eigenvalue weighted by Gasteiger charge is 2.09. The lowest BCUT2D eigenvalue weighted by Gasteiger charge is -2.06. The lowest BCUT2D eigenvalue weighted by molar-refractivity contribution is 0.928. The molecular weight excluding hydrogens is 332 g/mol. The Kier molecular flexibility index (Phi) is 5.03. The summed E-state index contributed by atoms with van der Waals surface area (Å²) in [5.41, 5.74) is 0.957. The summed E-state index contributed by atoms with van der Waals surface area (Å²) in [6, 6.07) is 10.2. The minimum Gasteiger partial charge on any atom is -0.236 e. The molecule has 2 rings (SSSR count). The Bertz CT molecular complexity index is 534. The molecule has 0 saturated carbocycles. The van der Waals surface area contributed by atoms with Gasteiger partial charge in [-0.1, -0.05) is 36.7 Å². The highest BCUT2D eigenvalue weighted by Crippen LogP contribution is 2.26. The van der Waals surface area contributed by atoms with Crippen molar-refractivity contribution in [1.29, 1.82) is 0 Å². The van der Waals surface area contributed by atoms with Gasteiger partial charge in [0.25, 0.3) is 0 Å². The second-order valence-corrected chi connectivity index (χ2v) is 5.85. The quantitative estimate of drug-likeness (QED) is 0.592. The van der Waals surface area contributed by atoms with Gasteiger partial charge in [-0.3, -0.25) is 0 Å². The average molecular weight is 344 g/mol. The number of nitrogens with zero attached hydrogens (tertiary/aromatic N) is 2. The summed E-state index contributed by atoms with van der Waals surface area (Å²) >= 11 is 11.2. The summed E-state index contributed by atoms with van der Waals surface area (Å²) in [7, 11) is 0. The molecule has 2 nitrogen and oxygen atoms in total. The smallest absolute Gasteiger partial charge is 0.147 e. The Morgan fingerprint density at radius 2 is 1.94 bits per heavy atom. The molecule has 1 heterocycles. The molecule has 0 amide bonds. The van der Waals surface area contributed by atoms with Gasteiger partial charge in [0.2, 0.25) is 0 Å². The van der Waals surface area contributed by atoms with Gasteiger partial charge >= 0.3 is 0 Å². The molecule has 2 aromatic rings. The zero-order chi connectivity index (χ0) is 13.0. The Balaban J connectivity index is 2.13. The molecule has 94 valence electrons. The largest absolute Gasteiger partial charge is 0.236 e. The lowest BCUT2D eigenvalue weighted by atomic mass is 10.3. The summed E-state index contributed by atoms with van der Waals surface area (Å²) in [6.07, 6.45) is 0.839. The van der Waals surface area contributed by atoms with Gasteiger partial charge in [-0.2, -0.15) is 0 Å². The number of aryl methyl sites for hydroxylation is 1. The molecule has 0 spiro atoms. The third kappa shape index (κ3) is 3.46. The zero-order valence-corrected chi connectivity index (χ0v) is 13.0. The van der Waals surface area contributed by atoms with Gasteiger partial charge in [0.05, 0.1) is 15.9 Å². The van der Waals surface area contributed by atoms with Crippen molar-refractivity contribution in [2.45, 2.75) is 24.0 Å². The van der Waals surface area contributed by atoms with Gasteiger partial charge in [-0.05, 0) is 34.5 Å². The van der Waals surface area contributed by atoms with E-state index in [0.717, 1.165) is 28.2 Å². The maximum absolute atomic E-state index is 6.07. The maximum Gasteiger partial charge on any atom is 0.147 e. The van der Waals surface area contributed by atoms with Crippen molar-refractivity contribution in [3.05, 3.63) is 51.5 Å². The molecule has 18 heavy (non-hydrogen) atoms. The Hall–Kier alpha value is -0.580. The van der Waals surface area contributed by atoms with E-state index in [0.29, 0.717) is 5.15 Å². The minimum atomic E-state index is 0.491. The number of aromatic nitrogens is 2. The van der Waals surface area contributed by atoms with E-state index in [1.807, 2.05) is 18.2 Å². The Labute approximate surface area is 124 Å². The van der Waals surface area contributed by atoms with Crippen molar-refractivity contribution in [1.82, 2.24) is 9.97 Å². The third-order valence-corrected chi connectivity index (χ3v) is 4.71. The van der Waals surface area contributed by atoms with E-state index in [2.05, 4.69) is 45.0 Å². The fourth-order valence-electron chi connectivity index (χ4n) is 1.47. The fraction of sp³-hybridized carbons (Fsp3) is 0.231. The van der Waals surface area contributed by atoms with Crippen LogP contribution in [0.3, 0.4) is 0 Å². The first-order chi connectivity index (χ1) is 8.70. The first-order valence-corrected chi connectivity index (χ1v) is 7.75. The maximum atomic E-state index is 6.07. The Morgan fingerprint density at radius 3 is 2.61 bits per heavy atom. The van der Waals surface area contributed by atoms with Crippen molar-refractivity contribution in [3.8, 4) is 0 Å². The van der Waals surface area contributed by atoms with Crippen LogP contribution in [0.15, 0.2) is 39.7 Å². The monoisotopic (exact) mass is 342 g/mol. The number of hydrogen-bond acceptors (Lipinski definition) is 3. The molecule has 5 heteroatoms. The highest BCUT2D eigenvalue weighted by atomic mass is 79.9. The van der Waals surface area contributed by atoms with Crippen LogP contribution in [-0.4, -0.2) is 9.97 Å². The fourth-order valence-corrected chi connectivity index (χ4v) is 2.91. The van der Waals surface area contributed by atoms with Crippen LogP contribution in [0.25, 0.3) is 0 Å². The SMILES string of the molecule is CCc1nc(CSc2ccccc2)nc(Cl)c1Br. The summed E-state index contributed by atoms with van der Waals surface area (Å²) in [5.74, 6) is 1.50. The van der Waals surface area contributed by atoms with E-state index in [1.165, 1.54) is 4.90 Å². The van der Waals surface area contributed by atoms with Crippen LogP contribution < -0.4 is 0 Å². The molecule has 0 saturated heterocycles. The van der Waals surface area contributed by atoms with Gasteiger partial charge in [0, 0.05) is 4.90 Å². The normalized spacial score (nSPS) is 10.6. The highest BCUT2D eigenvalue weighted by molar-refractivity contribution is 9.10. The molecule has 0 radical (unpaired) electrons. The van der Waals surface area contributed by atoms with Gasteiger partial charge in [-0.15, -0.1) is 11.8 Å². The molecule has 0 fully saturated rings. The second-order valence-electron chi connectivity index (χ2n) is 3.65. The van der Waals surface area contributed by atoms with Gasteiger partial charge in [0.15, 0.2) is 0 Å². The van der Waals surface area contributed by atoms with Crippen molar-refractivity contribution >= 4 is 39.3 Å². The second kappa shape index (κ2) is 6.55. The van der Waals surface area contributed by atoms with Gasteiger partial charge in [-0.25, -0.2) is 9.97 Å². The Morgan fingerprint density at radius 1 is 1.22 bits per heavy atom. The standard InChI is InChI=1S/C13H12BrClN2S/c1-2-10-12(14)13(15)17-11(16-10)8-18-9-6-4-3-5-7-9/h3-7H,2,8H2,1H3. The van der Waals surface area contributed by atoms with Crippen LogP contribution in [0, 0.1) is 0 Å². The topological polar surface area (TPSA) is 25.8 Å². The molecule has 1 aromatic carbocycles. The third-order valence-electron chi connectivity index (χ3n) is 2.37. The molecule has 0 aliphatic rings. The summed E-state index contributed by atoms with van der Waals surface area (Å²) in [4.78, 5) is 9.99. The predicted octanol–water partition coefficient (Wildman–Crippen LogP) is 4.75. The first kappa shape index (κ1) is 13.8. The van der Waals surface area contributed by atoms with Crippen molar-refractivity contribution < 1.29 is 0 Å². The van der Waals surface area contributed by atoms with E-state index in [1.54, 1.807) is 11.8 Å². The van der Waals surface area contributed by atoms with Crippen LogP contribution in [-0.2, 0) is 12.2 Å². The molecule has 1 aromatic heterocycles. The van der Waals surface area contributed by atoms with E-state index in [4.69, 9.17) is 11.6 Å². The van der Waals surface area contributed by atoms with E-state index >= 15 is 0 Å². The summed E-state index contributed by atoms with van der Waals surface area (Å²) in [6.45, 7) is 2.05. The summed E-state index contributed by atoms with van der Waals surface area (Å²) in [5, 5.41) is 0.491. The number of hydrogen-bond donors (Lipinski definition) is 0. The van der Waals surface area contributed by atoms with Crippen LogP contribution in [0.1, 0.15) is 18.4 Å². The van der Waals surface area contributed by atoms with Crippen LogP contribution in [0.5, 0.6) is 0 Å². The predicted molar refractivity (Wildman–Crippen MR) is 80.1 cm³/mol. The number of benzene rings is 1. The van der Waals surface area contributed by atoms with Crippen LogP contribution in [0.4, 0.5) is 0 Å². The lowest BCUT2D eigenvalue weighted by Crippen LogP contribution is -1.99. The van der Waals surface area contributed by atoms with E-state index in [-0.39, 0.29) is 0 Å². The zero-order valence-electron chi connectivity index (χ0n) is 9.86. The molecule has 0 unspecified atom stereocenters. The van der Waals surface area contributed by atoms with Crippen molar-refractivity contribution in [2.75, 3.05) is 0 Å². The summed E-state index contributed by atoms with van der Waals surface area (Å²) < 4.78 is 0.806. The van der Waals surface area contributed by atoms with Gasteiger partial charge < -0.3 is 0 Å². The first-order valence-electron chi connectivity index (χ1n) is 5.59. The molecular formula is C13H12BrClN2S. The van der Waals surface area contributed by atoms with Crippen molar-refractivity contribution in [3.63, 3.8) is 0 Å². The molecule has 0 atom stereocenters. The van der Waals surface area contributed by atoms with E-state index in [9.17, 15) is 0 Å². The average Bonchev–Trinajstić information content (AvgIpc) is 2.41. The molecule has 0 N–H and O–H groups in total. The molecule has 0 aliphatic heterocycles.